The molecule has 2 aliphatic heterocycles. The van der Waals surface area contributed by atoms with Gasteiger partial charge in [0.2, 0.25) is 0 Å². The van der Waals surface area contributed by atoms with Crippen LogP contribution in [0.3, 0.4) is 0 Å². The molecule has 2 heterocycles. The maximum absolute atomic E-state index is 13.8. The second-order valence-corrected chi connectivity index (χ2v) is 11.0. The molecule has 0 radical (unpaired) electrons. The van der Waals surface area contributed by atoms with Crippen molar-refractivity contribution in [3.8, 4) is 5.75 Å². The summed E-state index contributed by atoms with van der Waals surface area (Å²) in [7, 11) is 0. The van der Waals surface area contributed by atoms with Gasteiger partial charge >= 0.3 is 0 Å². The third kappa shape index (κ3) is 6.18. The van der Waals surface area contributed by atoms with Crippen LogP contribution in [0.1, 0.15) is 37.3 Å². The molecule has 5 nitrogen and oxygen atoms in total. The normalized spacial score (nSPS) is 28.2. The van der Waals surface area contributed by atoms with E-state index in [4.69, 9.17) is 9.47 Å². The molecule has 2 aromatic carbocycles. The van der Waals surface area contributed by atoms with E-state index in [0.717, 1.165) is 17.5 Å². The standard InChI is InChI=1S/C31H37F2NO4/c1-31-14-13-26(33)16-24(31)8-11-30(38-31)27(36)19-34(17-21-5-3-2-4-6-21)18-23(20-35)29-10-7-22-15-25(32)9-12-28(22)37-29/h2-6,9,12-16,23-24,27,29-30,35-36H,7-8,10-11,17-20H2,1H3/t23?,24-,27-,29?,30+,31?/m1/s1. The van der Waals surface area contributed by atoms with Crippen molar-refractivity contribution < 1.29 is 28.5 Å². The molecule has 1 fully saturated rings. The minimum Gasteiger partial charge on any atom is -0.490 e. The molecule has 38 heavy (non-hydrogen) atoms. The number of aryl methyl sites for hydroxylation is 1. The maximum atomic E-state index is 13.8. The Morgan fingerprint density at radius 2 is 1.87 bits per heavy atom. The largest absolute Gasteiger partial charge is 0.490 e. The minimum absolute atomic E-state index is 0.0463. The Morgan fingerprint density at radius 1 is 1.05 bits per heavy atom. The summed E-state index contributed by atoms with van der Waals surface area (Å²) in [6.07, 6.45) is 6.23. The van der Waals surface area contributed by atoms with Gasteiger partial charge in [-0.1, -0.05) is 30.3 Å². The van der Waals surface area contributed by atoms with Gasteiger partial charge in [0.05, 0.1) is 24.4 Å². The number of halogens is 2. The molecule has 204 valence electrons. The van der Waals surface area contributed by atoms with E-state index in [2.05, 4.69) is 4.90 Å². The molecule has 7 heteroatoms. The fourth-order valence-electron chi connectivity index (χ4n) is 6.04. The molecule has 6 atom stereocenters. The number of fused-ring (bicyclic) bond motifs is 2. The molecule has 5 rings (SSSR count). The summed E-state index contributed by atoms with van der Waals surface area (Å²) in [5.41, 5.74) is 1.32. The molecular weight excluding hydrogens is 488 g/mol. The highest BCUT2D eigenvalue weighted by molar-refractivity contribution is 5.36. The zero-order chi connectivity index (χ0) is 26.7. The van der Waals surface area contributed by atoms with Crippen molar-refractivity contribution in [2.75, 3.05) is 19.7 Å². The third-order valence-electron chi connectivity index (χ3n) is 8.21. The van der Waals surface area contributed by atoms with Crippen LogP contribution in [0.2, 0.25) is 0 Å². The Kier molecular flexibility index (Phi) is 8.29. The van der Waals surface area contributed by atoms with Gasteiger partial charge in [-0.15, -0.1) is 0 Å². The summed E-state index contributed by atoms with van der Waals surface area (Å²) in [6.45, 7) is 3.36. The molecule has 0 amide bonds. The van der Waals surface area contributed by atoms with Crippen LogP contribution in [0.5, 0.6) is 5.75 Å². The summed E-state index contributed by atoms with van der Waals surface area (Å²) >= 11 is 0. The van der Waals surface area contributed by atoms with Gasteiger partial charge in [0.25, 0.3) is 0 Å². The minimum atomic E-state index is -0.754. The van der Waals surface area contributed by atoms with Crippen LogP contribution in [0.25, 0.3) is 0 Å². The summed E-state index contributed by atoms with van der Waals surface area (Å²) in [5, 5.41) is 21.7. The van der Waals surface area contributed by atoms with Gasteiger partial charge in [-0.25, -0.2) is 8.78 Å². The zero-order valence-electron chi connectivity index (χ0n) is 21.8. The van der Waals surface area contributed by atoms with Crippen LogP contribution in [-0.4, -0.2) is 58.7 Å². The Balaban J connectivity index is 1.28. The van der Waals surface area contributed by atoms with Crippen molar-refractivity contribution in [2.24, 2.45) is 11.8 Å². The summed E-state index contributed by atoms with van der Waals surface area (Å²) in [6, 6.07) is 14.6. The highest BCUT2D eigenvalue weighted by Crippen LogP contribution is 2.40. The highest BCUT2D eigenvalue weighted by atomic mass is 19.1. The molecule has 3 aliphatic rings. The first-order chi connectivity index (χ1) is 18.3. The van der Waals surface area contributed by atoms with E-state index in [-0.39, 0.29) is 42.3 Å². The second-order valence-electron chi connectivity index (χ2n) is 11.0. The lowest BCUT2D eigenvalue weighted by atomic mass is 9.78. The van der Waals surface area contributed by atoms with Gasteiger partial charge in [-0.3, -0.25) is 4.90 Å². The summed E-state index contributed by atoms with van der Waals surface area (Å²) in [5.74, 6) is -0.0813. The zero-order valence-corrected chi connectivity index (χ0v) is 21.8. The quantitative estimate of drug-likeness (QED) is 0.484. The number of nitrogens with zero attached hydrogens (tertiary/aromatic N) is 1. The average Bonchev–Trinajstić information content (AvgIpc) is 2.92. The molecule has 0 aromatic heterocycles. The topological polar surface area (TPSA) is 62.2 Å². The Bertz CT molecular complexity index is 1160. The molecular formula is C31H37F2NO4. The Labute approximate surface area is 223 Å². The molecule has 1 saturated heterocycles. The molecule has 0 spiro atoms. The van der Waals surface area contributed by atoms with E-state index in [0.29, 0.717) is 44.6 Å². The van der Waals surface area contributed by atoms with Gasteiger partial charge in [0.15, 0.2) is 0 Å². The molecule has 1 aliphatic carbocycles. The first-order valence-electron chi connectivity index (χ1n) is 13.6. The molecule has 2 N–H and O–H groups in total. The number of rotatable bonds is 9. The number of aliphatic hydroxyl groups excluding tert-OH is 2. The fourth-order valence-corrected chi connectivity index (χ4v) is 6.04. The Morgan fingerprint density at radius 3 is 2.66 bits per heavy atom. The molecule has 3 unspecified atom stereocenters. The number of hydrogen-bond acceptors (Lipinski definition) is 5. The van der Waals surface area contributed by atoms with Gasteiger partial charge in [-0.2, -0.15) is 0 Å². The lowest BCUT2D eigenvalue weighted by Crippen LogP contribution is -2.51. The van der Waals surface area contributed by atoms with E-state index in [1.165, 1.54) is 18.2 Å². The van der Waals surface area contributed by atoms with E-state index < -0.39 is 11.7 Å². The molecule has 0 bridgehead atoms. The average molecular weight is 526 g/mol. The van der Waals surface area contributed by atoms with Crippen molar-refractivity contribution in [1.29, 1.82) is 0 Å². The monoisotopic (exact) mass is 525 g/mol. The van der Waals surface area contributed by atoms with Gasteiger partial charge in [0, 0.05) is 31.5 Å². The van der Waals surface area contributed by atoms with E-state index >= 15 is 0 Å². The van der Waals surface area contributed by atoms with E-state index in [9.17, 15) is 19.0 Å². The van der Waals surface area contributed by atoms with E-state index in [1.807, 2.05) is 37.3 Å². The van der Waals surface area contributed by atoms with Gasteiger partial charge in [-0.05, 0) is 80.2 Å². The first-order valence-corrected chi connectivity index (χ1v) is 13.6. The van der Waals surface area contributed by atoms with Crippen LogP contribution >= 0.6 is 0 Å². The van der Waals surface area contributed by atoms with Crippen LogP contribution < -0.4 is 4.74 Å². The van der Waals surface area contributed by atoms with Crippen molar-refractivity contribution in [1.82, 2.24) is 4.90 Å². The lowest BCUT2D eigenvalue weighted by molar-refractivity contribution is -0.157. The van der Waals surface area contributed by atoms with Crippen LogP contribution in [-0.2, 0) is 17.7 Å². The molecule has 2 aromatic rings. The predicted octanol–water partition coefficient (Wildman–Crippen LogP) is 4.97. The summed E-state index contributed by atoms with van der Waals surface area (Å²) < 4.78 is 40.0. The predicted molar refractivity (Wildman–Crippen MR) is 142 cm³/mol. The number of benzene rings is 2. The van der Waals surface area contributed by atoms with Crippen molar-refractivity contribution in [3.63, 3.8) is 0 Å². The molecule has 0 saturated carbocycles. The van der Waals surface area contributed by atoms with Crippen molar-refractivity contribution >= 4 is 0 Å². The van der Waals surface area contributed by atoms with Gasteiger partial charge in [0.1, 0.15) is 23.5 Å². The van der Waals surface area contributed by atoms with Crippen molar-refractivity contribution in [2.45, 2.75) is 63.1 Å². The number of ether oxygens (including phenoxy) is 2. The van der Waals surface area contributed by atoms with Crippen molar-refractivity contribution in [3.05, 3.63) is 89.5 Å². The second kappa shape index (κ2) is 11.7. The number of aliphatic hydroxyl groups is 2. The Hall–Kier alpha value is -2.58. The fraction of sp³-hybridized carbons (Fsp3) is 0.484. The lowest BCUT2D eigenvalue weighted by Gasteiger charge is -2.45. The first kappa shape index (κ1) is 27.0. The van der Waals surface area contributed by atoms with Gasteiger partial charge < -0.3 is 19.7 Å². The smallest absolute Gasteiger partial charge is 0.123 e. The van der Waals surface area contributed by atoms with Crippen LogP contribution in [0, 0.1) is 17.7 Å². The highest BCUT2D eigenvalue weighted by Gasteiger charge is 2.42. The SMILES string of the molecule is CC12C=CC(F)=C[C@H]1CC[C@@H]([C@H](O)CN(Cc1ccccc1)CC(CO)C1CCc3cc(F)ccc3O1)O2. The third-order valence-corrected chi connectivity index (χ3v) is 8.21. The van der Waals surface area contributed by atoms with Crippen LogP contribution in [0.15, 0.2) is 72.6 Å². The van der Waals surface area contributed by atoms with E-state index in [1.54, 1.807) is 18.2 Å². The van der Waals surface area contributed by atoms with Crippen LogP contribution in [0.4, 0.5) is 8.78 Å². The number of hydrogen-bond donors (Lipinski definition) is 2. The summed E-state index contributed by atoms with van der Waals surface area (Å²) in [4.78, 5) is 2.15. The number of allylic oxidation sites excluding steroid dienone is 2. The maximum Gasteiger partial charge on any atom is 0.123 e.